The molecule has 0 bridgehead atoms. The molecule has 26 heavy (non-hydrogen) atoms. The minimum Gasteiger partial charge on any atom is -0.211 e. The van der Waals surface area contributed by atoms with Crippen LogP contribution in [-0.4, -0.2) is 29.9 Å². The second-order valence-corrected chi connectivity index (χ2v) is 9.66. The van der Waals surface area contributed by atoms with E-state index in [-0.39, 0.29) is 15.7 Å². The van der Waals surface area contributed by atoms with Gasteiger partial charge in [0.05, 0.1) is 9.79 Å². The van der Waals surface area contributed by atoms with Gasteiger partial charge in [-0.3, -0.25) is 0 Å². The van der Waals surface area contributed by atoms with E-state index in [1.807, 2.05) is 6.92 Å². The summed E-state index contributed by atoms with van der Waals surface area (Å²) >= 11 is 0. The molecule has 1 unspecified atom stereocenters. The number of benzene rings is 2. The van der Waals surface area contributed by atoms with Crippen LogP contribution in [0.2, 0.25) is 0 Å². The van der Waals surface area contributed by atoms with Gasteiger partial charge in [-0.2, -0.15) is 0 Å². The molecule has 0 aliphatic heterocycles. The molecule has 8 heteroatoms. The Morgan fingerprint density at radius 2 is 1.23 bits per heavy atom. The lowest BCUT2D eigenvalue weighted by Gasteiger charge is -2.13. The molecule has 2 aromatic rings. The molecule has 0 saturated carbocycles. The summed E-state index contributed by atoms with van der Waals surface area (Å²) in [6, 6.07) is 16.4. The molecule has 0 aromatic heterocycles. The van der Waals surface area contributed by atoms with Crippen LogP contribution in [0.4, 0.5) is 0 Å². The van der Waals surface area contributed by atoms with Crippen LogP contribution in [0.15, 0.2) is 70.5 Å². The summed E-state index contributed by atoms with van der Waals surface area (Å²) in [4.78, 5) is 0.478. The molecule has 0 saturated heterocycles. The highest BCUT2D eigenvalue weighted by Crippen LogP contribution is 2.11. The molecule has 0 heterocycles. The third kappa shape index (κ3) is 6.21. The van der Waals surface area contributed by atoms with Crippen molar-refractivity contribution in [2.75, 3.05) is 13.1 Å². The van der Waals surface area contributed by atoms with Gasteiger partial charge in [0.1, 0.15) is 0 Å². The van der Waals surface area contributed by atoms with Crippen LogP contribution in [0.25, 0.3) is 0 Å². The van der Waals surface area contributed by atoms with Gasteiger partial charge in [0.15, 0.2) is 0 Å². The van der Waals surface area contributed by atoms with E-state index in [2.05, 4.69) is 9.44 Å². The quantitative estimate of drug-likeness (QED) is 0.603. The van der Waals surface area contributed by atoms with Crippen molar-refractivity contribution >= 4 is 20.0 Å². The van der Waals surface area contributed by atoms with Gasteiger partial charge in [-0.1, -0.05) is 43.3 Å². The lowest BCUT2D eigenvalue weighted by atomic mass is 10.1. The predicted molar refractivity (Wildman–Crippen MR) is 102 cm³/mol. The molecule has 0 fully saturated rings. The van der Waals surface area contributed by atoms with Crippen LogP contribution in [-0.2, 0) is 20.0 Å². The molecule has 0 aliphatic rings. The van der Waals surface area contributed by atoms with E-state index in [1.54, 1.807) is 60.7 Å². The van der Waals surface area contributed by atoms with Gasteiger partial charge < -0.3 is 0 Å². The highest BCUT2D eigenvalue weighted by atomic mass is 32.2. The van der Waals surface area contributed by atoms with Crippen LogP contribution in [0.1, 0.15) is 19.8 Å². The first-order chi connectivity index (χ1) is 12.3. The van der Waals surface area contributed by atoms with Gasteiger partial charge in [0.2, 0.25) is 20.0 Å². The molecule has 0 amide bonds. The Morgan fingerprint density at radius 3 is 1.73 bits per heavy atom. The van der Waals surface area contributed by atoms with Crippen molar-refractivity contribution in [2.45, 2.75) is 29.6 Å². The SMILES string of the molecule is CC(CCCNS(=O)(=O)c1ccccc1)CNS(=O)(=O)c1ccccc1. The Bertz CT molecular complexity index is 883. The van der Waals surface area contributed by atoms with E-state index >= 15 is 0 Å². The maximum Gasteiger partial charge on any atom is 0.240 e. The second-order valence-electron chi connectivity index (χ2n) is 6.12. The molecule has 6 nitrogen and oxygen atoms in total. The number of rotatable bonds is 10. The summed E-state index contributed by atoms with van der Waals surface area (Å²) in [7, 11) is -7.00. The standard InChI is InChI=1S/C18H24N2O4S2/c1-16(15-20-26(23,24)18-12-6-3-7-13-18)9-8-14-19-25(21,22)17-10-4-2-5-11-17/h2-7,10-13,16,19-20H,8-9,14-15H2,1H3. The fourth-order valence-electron chi connectivity index (χ4n) is 2.38. The second kappa shape index (κ2) is 9.27. The molecule has 1 atom stereocenters. The third-order valence-electron chi connectivity index (χ3n) is 3.89. The van der Waals surface area contributed by atoms with Gasteiger partial charge in [-0.15, -0.1) is 0 Å². The smallest absolute Gasteiger partial charge is 0.211 e. The van der Waals surface area contributed by atoms with Crippen molar-refractivity contribution in [3.63, 3.8) is 0 Å². The molecule has 142 valence electrons. The maximum atomic E-state index is 12.2. The Labute approximate surface area is 155 Å². The zero-order valence-corrected chi connectivity index (χ0v) is 16.3. The summed E-state index contributed by atoms with van der Waals surface area (Å²) in [5, 5.41) is 0. The Hall–Kier alpha value is -1.74. The Kier molecular flexibility index (Phi) is 7.33. The topological polar surface area (TPSA) is 92.3 Å². The van der Waals surface area contributed by atoms with Crippen molar-refractivity contribution < 1.29 is 16.8 Å². The molecule has 0 radical (unpaired) electrons. The van der Waals surface area contributed by atoms with Crippen molar-refractivity contribution in [2.24, 2.45) is 5.92 Å². The summed E-state index contributed by atoms with van der Waals surface area (Å²) in [6.07, 6.45) is 1.33. The Morgan fingerprint density at radius 1 is 0.769 bits per heavy atom. The predicted octanol–water partition coefficient (Wildman–Crippen LogP) is 2.36. The zero-order valence-electron chi connectivity index (χ0n) is 14.6. The molecular weight excluding hydrogens is 372 g/mol. The van der Waals surface area contributed by atoms with E-state index in [1.165, 1.54) is 0 Å². The Balaban J connectivity index is 1.73. The van der Waals surface area contributed by atoms with Crippen LogP contribution in [0, 0.1) is 5.92 Å². The van der Waals surface area contributed by atoms with E-state index in [0.29, 0.717) is 25.9 Å². The van der Waals surface area contributed by atoms with Crippen molar-refractivity contribution in [1.82, 2.24) is 9.44 Å². The zero-order chi connectivity index (χ0) is 19.0. The molecule has 0 spiro atoms. The first-order valence-corrected chi connectivity index (χ1v) is 11.4. The lowest BCUT2D eigenvalue weighted by molar-refractivity contribution is 0.491. The molecular formula is C18H24N2O4S2. The first-order valence-electron chi connectivity index (χ1n) is 8.41. The number of nitrogens with one attached hydrogen (secondary N) is 2. The van der Waals surface area contributed by atoms with Crippen LogP contribution in [0.3, 0.4) is 0 Å². The van der Waals surface area contributed by atoms with Gasteiger partial charge in [-0.25, -0.2) is 26.3 Å². The van der Waals surface area contributed by atoms with Gasteiger partial charge in [0.25, 0.3) is 0 Å². The highest BCUT2D eigenvalue weighted by Gasteiger charge is 2.15. The van der Waals surface area contributed by atoms with Crippen LogP contribution < -0.4 is 9.44 Å². The molecule has 2 aromatic carbocycles. The fraction of sp³-hybridized carbons (Fsp3) is 0.333. The average Bonchev–Trinajstić information content (AvgIpc) is 2.65. The minimum atomic E-state index is -3.51. The molecule has 2 rings (SSSR count). The number of hydrogen-bond donors (Lipinski definition) is 2. The van der Waals surface area contributed by atoms with Crippen molar-refractivity contribution in [1.29, 1.82) is 0 Å². The summed E-state index contributed by atoms with van der Waals surface area (Å²) in [5.74, 6) is 0.0923. The third-order valence-corrected chi connectivity index (χ3v) is 6.81. The number of hydrogen-bond acceptors (Lipinski definition) is 4. The van der Waals surface area contributed by atoms with E-state index in [4.69, 9.17) is 0 Å². The normalized spacial score (nSPS) is 13.4. The first kappa shape index (κ1) is 20.6. The van der Waals surface area contributed by atoms with E-state index in [9.17, 15) is 16.8 Å². The fourth-order valence-corrected chi connectivity index (χ4v) is 4.66. The van der Waals surface area contributed by atoms with Crippen LogP contribution >= 0.6 is 0 Å². The van der Waals surface area contributed by atoms with E-state index < -0.39 is 20.0 Å². The highest BCUT2D eigenvalue weighted by molar-refractivity contribution is 7.89. The van der Waals surface area contributed by atoms with Crippen molar-refractivity contribution in [3.8, 4) is 0 Å². The monoisotopic (exact) mass is 396 g/mol. The molecule has 0 aliphatic carbocycles. The lowest BCUT2D eigenvalue weighted by Crippen LogP contribution is -2.29. The maximum absolute atomic E-state index is 12.2. The average molecular weight is 397 g/mol. The van der Waals surface area contributed by atoms with Crippen molar-refractivity contribution in [3.05, 3.63) is 60.7 Å². The molecule has 2 N–H and O–H groups in total. The van der Waals surface area contributed by atoms with Crippen LogP contribution in [0.5, 0.6) is 0 Å². The summed E-state index contributed by atoms with van der Waals surface area (Å²) in [6.45, 7) is 2.55. The number of sulfonamides is 2. The summed E-state index contributed by atoms with van der Waals surface area (Å²) < 4.78 is 53.6. The van der Waals surface area contributed by atoms with Gasteiger partial charge in [-0.05, 0) is 43.0 Å². The van der Waals surface area contributed by atoms with E-state index in [0.717, 1.165) is 0 Å². The van der Waals surface area contributed by atoms with Gasteiger partial charge in [0, 0.05) is 13.1 Å². The largest absolute Gasteiger partial charge is 0.240 e. The minimum absolute atomic E-state index is 0.0923. The van der Waals surface area contributed by atoms with Gasteiger partial charge >= 0.3 is 0 Å². The summed E-state index contributed by atoms with van der Waals surface area (Å²) in [5.41, 5.74) is 0.